The number of nitrogens with two attached hydrogens (primary N) is 1. The second-order valence-electron chi connectivity index (χ2n) is 4.43. The van der Waals surface area contributed by atoms with E-state index < -0.39 is 0 Å². The van der Waals surface area contributed by atoms with Gasteiger partial charge in [0.1, 0.15) is 0 Å². The molecule has 0 radical (unpaired) electrons. The lowest BCUT2D eigenvalue weighted by Crippen LogP contribution is -2.43. The lowest BCUT2D eigenvalue weighted by molar-refractivity contribution is 0.0703. The Labute approximate surface area is 110 Å². The van der Waals surface area contributed by atoms with Gasteiger partial charge in [0, 0.05) is 31.3 Å². The molecule has 1 aromatic heterocycles. The Morgan fingerprint density at radius 3 is 2.89 bits per heavy atom. The number of carbonyl (C=O) groups is 1. The summed E-state index contributed by atoms with van der Waals surface area (Å²) in [6.45, 7) is 1.27. The standard InChI is InChI=1S/C12H15N3O2S/c13-11(18)9-2-1-5-15(7-9)12(17)8-3-4-10(16)14-6-8/h3-4,6,9H,1-2,5,7H2,(H2,13,18)(H,14,16). The van der Waals surface area contributed by atoms with Crippen LogP contribution in [0.25, 0.3) is 0 Å². The second kappa shape index (κ2) is 5.30. The van der Waals surface area contributed by atoms with Crippen molar-refractivity contribution >= 4 is 23.1 Å². The maximum absolute atomic E-state index is 12.2. The summed E-state index contributed by atoms with van der Waals surface area (Å²) in [4.78, 5) is 27.9. The van der Waals surface area contributed by atoms with Crippen molar-refractivity contribution in [1.29, 1.82) is 0 Å². The number of piperidine rings is 1. The van der Waals surface area contributed by atoms with E-state index in [1.807, 2.05) is 0 Å². The fourth-order valence-corrected chi connectivity index (χ4v) is 2.31. The van der Waals surface area contributed by atoms with Gasteiger partial charge in [0.05, 0.1) is 10.6 Å². The van der Waals surface area contributed by atoms with Gasteiger partial charge in [-0.2, -0.15) is 0 Å². The molecule has 2 rings (SSSR count). The first-order valence-corrected chi connectivity index (χ1v) is 6.26. The Bertz CT molecular complexity index is 506. The van der Waals surface area contributed by atoms with Gasteiger partial charge in [-0.1, -0.05) is 12.2 Å². The van der Waals surface area contributed by atoms with Gasteiger partial charge in [0.2, 0.25) is 5.56 Å². The Kier molecular flexibility index (Phi) is 3.76. The molecule has 2 heterocycles. The van der Waals surface area contributed by atoms with Crippen LogP contribution in [-0.2, 0) is 0 Å². The fourth-order valence-electron chi connectivity index (χ4n) is 2.12. The molecule has 1 aliphatic rings. The number of thiocarbonyl (C=S) groups is 1. The minimum atomic E-state index is -0.216. The van der Waals surface area contributed by atoms with Gasteiger partial charge in [-0.25, -0.2) is 0 Å². The molecule has 0 aliphatic carbocycles. The molecular weight excluding hydrogens is 250 g/mol. The molecule has 1 atom stereocenters. The van der Waals surface area contributed by atoms with Crippen molar-refractivity contribution in [3.63, 3.8) is 0 Å². The highest BCUT2D eigenvalue weighted by Crippen LogP contribution is 2.18. The summed E-state index contributed by atoms with van der Waals surface area (Å²) in [6.07, 6.45) is 3.27. The van der Waals surface area contributed by atoms with E-state index in [0.717, 1.165) is 12.8 Å². The molecule has 0 bridgehead atoms. The number of hydrogen-bond acceptors (Lipinski definition) is 3. The first kappa shape index (κ1) is 12.8. The highest BCUT2D eigenvalue weighted by atomic mass is 32.1. The lowest BCUT2D eigenvalue weighted by atomic mass is 9.97. The van der Waals surface area contributed by atoms with Crippen molar-refractivity contribution in [3.05, 3.63) is 34.2 Å². The number of nitrogens with one attached hydrogen (secondary N) is 1. The zero-order valence-corrected chi connectivity index (χ0v) is 10.7. The molecule has 0 saturated carbocycles. The van der Waals surface area contributed by atoms with E-state index in [2.05, 4.69) is 4.98 Å². The van der Waals surface area contributed by atoms with E-state index in [1.165, 1.54) is 18.3 Å². The molecule has 1 aliphatic heterocycles. The zero-order chi connectivity index (χ0) is 13.1. The van der Waals surface area contributed by atoms with Gasteiger partial charge in [-0.15, -0.1) is 0 Å². The molecule has 0 spiro atoms. The van der Waals surface area contributed by atoms with E-state index in [1.54, 1.807) is 4.90 Å². The fraction of sp³-hybridized carbons (Fsp3) is 0.417. The predicted octanol–water partition coefficient (Wildman–Crippen LogP) is 0.513. The maximum Gasteiger partial charge on any atom is 0.255 e. The van der Waals surface area contributed by atoms with E-state index in [-0.39, 0.29) is 17.4 Å². The first-order chi connectivity index (χ1) is 8.58. The van der Waals surface area contributed by atoms with Crippen LogP contribution in [0.1, 0.15) is 23.2 Å². The Balaban J connectivity index is 2.11. The van der Waals surface area contributed by atoms with Crippen molar-refractivity contribution in [2.75, 3.05) is 13.1 Å². The molecule has 1 fully saturated rings. The van der Waals surface area contributed by atoms with Crippen LogP contribution >= 0.6 is 12.2 Å². The van der Waals surface area contributed by atoms with Crippen LogP contribution in [0.2, 0.25) is 0 Å². The van der Waals surface area contributed by atoms with Crippen molar-refractivity contribution in [1.82, 2.24) is 9.88 Å². The highest BCUT2D eigenvalue weighted by molar-refractivity contribution is 7.80. The molecule has 5 nitrogen and oxygen atoms in total. The zero-order valence-electron chi connectivity index (χ0n) is 9.89. The summed E-state index contributed by atoms with van der Waals surface area (Å²) in [5, 5.41) is 0. The monoisotopic (exact) mass is 265 g/mol. The summed E-state index contributed by atoms with van der Waals surface area (Å²) < 4.78 is 0. The highest BCUT2D eigenvalue weighted by Gasteiger charge is 2.25. The minimum absolute atomic E-state index is 0.0906. The first-order valence-electron chi connectivity index (χ1n) is 5.85. The third kappa shape index (κ3) is 2.76. The van der Waals surface area contributed by atoms with Gasteiger partial charge < -0.3 is 15.6 Å². The van der Waals surface area contributed by atoms with Crippen LogP contribution in [0.4, 0.5) is 0 Å². The largest absolute Gasteiger partial charge is 0.393 e. The van der Waals surface area contributed by atoms with Crippen LogP contribution in [-0.4, -0.2) is 33.9 Å². The van der Waals surface area contributed by atoms with Crippen LogP contribution in [0, 0.1) is 5.92 Å². The molecular formula is C12H15N3O2S. The average molecular weight is 265 g/mol. The molecule has 1 unspecified atom stereocenters. The smallest absolute Gasteiger partial charge is 0.255 e. The Morgan fingerprint density at radius 2 is 2.28 bits per heavy atom. The number of amides is 1. The molecule has 1 aromatic rings. The Morgan fingerprint density at radius 1 is 1.50 bits per heavy atom. The predicted molar refractivity (Wildman–Crippen MR) is 72.5 cm³/mol. The number of aromatic amines is 1. The van der Waals surface area contributed by atoms with Gasteiger partial charge in [0.25, 0.3) is 5.91 Å². The maximum atomic E-state index is 12.2. The molecule has 96 valence electrons. The van der Waals surface area contributed by atoms with Gasteiger partial charge in [-0.3, -0.25) is 9.59 Å². The number of nitrogens with zero attached hydrogens (tertiary/aromatic N) is 1. The van der Waals surface area contributed by atoms with E-state index in [4.69, 9.17) is 18.0 Å². The summed E-state index contributed by atoms with van der Waals surface area (Å²) in [7, 11) is 0. The van der Waals surface area contributed by atoms with E-state index >= 15 is 0 Å². The molecule has 1 amide bonds. The van der Waals surface area contributed by atoms with Crippen LogP contribution in [0.3, 0.4) is 0 Å². The normalized spacial score (nSPS) is 19.6. The van der Waals surface area contributed by atoms with Crippen molar-refractivity contribution in [3.8, 4) is 0 Å². The average Bonchev–Trinajstić information content (AvgIpc) is 2.39. The van der Waals surface area contributed by atoms with Crippen LogP contribution in [0.15, 0.2) is 23.1 Å². The minimum Gasteiger partial charge on any atom is -0.393 e. The number of pyridine rings is 1. The van der Waals surface area contributed by atoms with Gasteiger partial charge >= 0.3 is 0 Å². The number of rotatable bonds is 2. The summed E-state index contributed by atoms with van der Waals surface area (Å²) in [5.41, 5.74) is 5.90. The number of aromatic nitrogens is 1. The third-order valence-electron chi connectivity index (χ3n) is 3.14. The van der Waals surface area contributed by atoms with E-state index in [9.17, 15) is 9.59 Å². The summed E-state index contributed by atoms with van der Waals surface area (Å²) in [6, 6.07) is 2.88. The quantitative estimate of drug-likeness (QED) is 0.764. The number of H-pyrrole nitrogens is 1. The topological polar surface area (TPSA) is 79.2 Å². The molecule has 3 N–H and O–H groups in total. The Hall–Kier alpha value is -1.69. The second-order valence-corrected chi connectivity index (χ2v) is 4.91. The van der Waals surface area contributed by atoms with Crippen molar-refractivity contribution in [2.24, 2.45) is 11.7 Å². The van der Waals surface area contributed by atoms with E-state index in [0.29, 0.717) is 23.6 Å². The number of hydrogen-bond donors (Lipinski definition) is 2. The number of carbonyl (C=O) groups excluding carboxylic acids is 1. The number of likely N-dealkylation sites (tertiary alicyclic amines) is 1. The van der Waals surface area contributed by atoms with Gasteiger partial charge in [-0.05, 0) is 18.9 Å². The summed E-state index contributed by atoms with van der Waals surface area (Å²) >= 11 is 4.98. The van der Waals surface area contributed by atoms with Crippen LogP contribution < -0.4 is 11.3 Å². The third-order valence-corrected chi connectivity index (χ3v) is 3.48. The van der Waals surface area contributed by atoms with Crippen molar-refractivity contribution < 1.29 is 4.79 Å². The molecule has 18 heavy (non-hydrogen) atoms. The van der Waals surface area contributed by atoms with Crippen molar-refractivity contribution in [2.45, 2.75) is 12.8 Å². The molecule has 0 aromatic carbocycles. The molecule has 6 heteroatoms. The SMILES string of the molecule is NC(=S)C1CCCN(C(=O)c2ccc(=O)[nH]c2)C1. The van der Waals surface area contributed by atoms with Gasteiger partial charge in [0.15, 0.2) is 0 Å². The lowest BCUT2D eigenvalue weighted by Gasteiger charge is -2.32. The van der Waals surface area contributed by atoms with Crippen LogP contribution in [0.5, 0.6) is 0 Å². The molecule has 1 saturated heterocycles. The summed E-state index contributed by atoms with van der Waals surface area (Å²) in [5.74, 6) is 0.00709.